The Hall–Kier alpha value is -2.34. The topological polar surface area (TPSA) is 38.3 Å². The first-order chi connectivity index (χ1) is 15.0. The van der Waals surface area contributed by atoms with Gasteiger partial charge in [0.15, 0.2) is 0 Å². The average molecular weight is 450 g/mol. The van der Waals surface area contributed by atoms with E-state index in [-0.39, 0.29) is 11.9 Å². The maximum absolute atomic E-state index is 13.0. The maximum atomic E-state index is 13.0. The number of esters is 1. The first-order valence-electron chi connectivity index (χ1n) is 11.1. The second-order valence-electron chi connectivity index (χ2n) is 9.10. The molecule has 0 aliphatic heterocycles. The van der Waals surface area contributed by atoms with Crippen LogP contribution in [0.5, 0.6) is 0 Å². The van der Waals surface area contributed by atoms with E-state index in [4.69, 9.17) is 4.74 Å². The number of methoxy groups -OCH3 is 1. The van der Waals surface area contributed by atoms with Crippen molar-refractivity contribution in [2.24, 2.45) is 11.8 Å². The number of nitrogens with one attached hydrogen (secondary N) is 1. The molecule has 1 atom stereocenters. The lowest BCUT2D eigenvalue weighted by atomic mass is 9.87. The van der Waals surface area contributed by atoms with Crippen LogP contribution in [0.25, 0.3) is 11.1 Å². The standard InChI is InChI=1S/C26H34F3NO2/c1-17(2)10-11-30-16-19-13-21(20-6-8-23(9-7-20)26(27,28)29)15-22(14-19)24(12-18(3)4)25(31)32-5/h6-9,13-15,17-18,24,30H,10-12,16H2,1-5H3/t24-/m1/s1. The van der Waals surface area contributed by atoms with E-state index < -0.39 is 17.7 Å². The van der Waals surface area contributed by atoms with E-state index in [2.05, 4.69) is 19.2 Å². The van der Waals surface area contributed by atoms with Crippen LogP contribution in [0.1, 0.15) is 63.1 Å². The predicted octanol–water partition coefficient (Wildman–Crippen LogP) is 6.81. The van der Waals surface area contributed by atoms with Crippen LogP contribution in [0.3, 0.4) is 0 Å². The number of ether oxygens (including phenoxy) is 1. The summed E-state index contributed by atoms with van der Waals surface area (Å²) in [7, 11) is 1.38. The number of rotatable bonds is 10. The fourth-order valence-corrected chi connectivity index (χ4v) is 3.65. The normalized spacial score (nSPS) is 12.9. The van der Waals surface area contributed by atoms with Crippen LogP contribution in [-0.2, 0) is 22.3 Å². The summed E-state index contributed by atoms with van der Waals surface area (Å²) in [6.07, 6.45) is -2.70. The Kier molecular flexibility index (Phi) is 9.32. The molecule has 0 bridgehead atoms. The second-order valence-corrected chi connectivity index (χ2v) is 9.10. The van der Waals surface area contributed by atoms with Crippen LogP contribution in [-0.4, -0.2) is 19.6 Å². The Morgan fingerprint density at radius 3 is 2.16 bits per heavy atom. The van der Waals surface area contributed by atoms with E-state index >= 15 is 0 Å². The zero-order valence-corrected chi connectivity index (χ0v) is 19.6. The molecule has 1 N–H and O–H groups in total. The summed E-state index contributed by atoms with van der Waals surface area (Å²) in [5.41, 5.74) is 2.59. The Morgan fingerprint density at radius 2 is 1.62 bits per heavy atom. The van der Waals surface area contributed by atoms with Crippen molar-refractivity contribution in [1.29, 1.82) is 0 Å². The highest BCUT2D eigenvalue weighted by Gasteiger charge is 2.30. The number of alkyl halides is 3. The molecule has 6 heteroatoms. The summed E-state index contributed by atoms with van der Waals surface area (Å²) < 4.78 is 44.0. The monoisotopic (exact) mass is 449 g/mol. The van der Waals surface area contributed by atoms with E-state index in [1.165, 1.54) is 19.2 Å². The van der Waals surface area contributed by atoms with Gasteiger partial charge in [0.1, 0.15) is 0 Å². The van der Waals surface area contributed by atoms with Gasteiger partial charge in [-0.25, -0.2) is 0 Å². The van der Waals surface area contributed by atoms with Crippen LogP contribution >= 0.6 is 0 Å². The Morgan fingerprint density at radius 1 is 0.969 bits per heavy atom. The summed E-state index contributed by atoms with van der Waals surface area (Å²) in [4.78, 5) is 12.5. The zero-order valence-electron chi connectivity index (χ0n) is 19.6. The summed E-state index contributed by atoms with van der Waals surface area (Å²) >= 11 is 0. The van der Waals surface area contributed by atoms with Gasteiger partial charge < -0.3 is 10.1 Å². The second kappa shape index (κ2) is 11.5. The molecule has 0 radical (unpaired) electrons. The Bertz CT molecular complexity index is 874. The van der Waals surface area contributed by atoms with Gasteiger partial charge in [-0.2, -0.15) is 13.2 Å². The average Bonchev–Trinajstić information content (AvgIpc) is 2.73. The Labute approximate surface area is 189 Å². The molecule has 32 heavy (non-hydrogen) atoms. The summed E-state index contributed by atoms with van der Waals surface area (Å²) in [6, 6.07) is 11.0. The van der Waals surface area contributed by atoms with Gasteiger partial charge in [0.05, 0.1) is 18.6 Å². The molecule has 2 rings (SSSR count). The van der Waals surface area contributed by atoms with Crippen molar-refractivity contribution in [2.45, 2.75) is 59.2 Å². The van der Waals surface area contributed by atoms with Crippen molar-refractivity contribution >= 4 is 5.97 Å². The lowest BCUT2D eigenvalue weighted by molar-refractivity contribution is -0.143. The van der Waals surface area contributed by atoms with Gasteiger partial charge in [0.25, 0.3) is 0 Å². The highest BCUT2D eigenvalue weighted by Crippen LogP contribution is 2.33. The molecule has 2 aromatic carbocycles. The van der Waals surface area contributed by atoms with Crippen LogP contribution in [0, 0.1) is 11.8 Å². The molecule has 0 aromatic heterocycles. The van der Waals surface area contributed by atoms with E-state index in [9.17, 15) is 18.0 Å². The van der Waals surface area contributed by atoms with E-state index in [1.54, 1.807) is 0 Å². The molecular weight excluding hydrogens is 415 g/mol. The van der Waals surface area contributed by atoms with Gasteiger partial charge in [-0.15, -0.1) is 0 Å². The maximum Gasteiger partial charge on any atom is 0.416 e. The number of hydrogen-bond donors (Lipinski definition) is 1. The highest BCUT2D eigenvalue weighted by atomic mass is 19.4. The number of carbonyl (C=O) groups excluding carboxylic acids is 1. The van der Waals surface area contributed by atoms with E-state index in [0.29, 0.717) is 24.4 Å². The molecule has 2 aromatic rings. The highest BCUT2D eigenvalue weighted by molar-refractivity contribution is 5.79. The van der Waals surface area contributed by atoms with Crippen molar-refractivity contribution in [1.82, 2.24) is 5.32 Å². The SMILES string of the molecule is COC(=O)[C@H](CC(C)C)c1cc(CNCCC(C)C)cc(-c2ccc(C(F)(F)F)cc2)c1. The number of halogens is 3. The van der Waals surface area contributed by atoms with Crippen molar-refractivity contribution in [3.8, 4) is 11.1 Å². The Balaban J connectivity index is 2.44. The number of carbonyl (C=O) groups is 1. The zero-order chi connectivity index (χ0) is 23.9. The molecule has 3 nitrogen and oxygen atoms in total. The fraction of sp³-hybridized carbons (Fsp3) is 0.500. The van der Waals surface area contributed by atoms with Crippen molar-refractivity contribution in [2.75, 3.05) is 13.7 Å². The predicted molar refractivity (Wildman–Crippen MR) is 122 cm³/mol. The fourth-order valence-electron chi connectivity index (χ4n) is 3.65. The molecule has 0 fully saturated rings. The molecule has 0 unspecified atom stereocenters. The largest absolute Gasteiger partial charge is 0.469 e. The minimum Gasteiger partial charge on any atom is -0.469 e. The first kappa shape index (κ1) is 25.9. The lowest BCUT2D eigenvalue weighted by Crippen LogP contribution is -2.19. The summed E-state index contributed by atoms with van der Waals surface area (Å²) in [5, 5.41) is 3.43. The minimum absolute atomic E-state index is 0.279. The van der Waals surface area contributed by atoms with Gasteiger partial charge in [0, 0.05) is 6.54 Å². The quantitative estimate of drug-likeness (QED) is 0.320. The van der Waals surface area contributed by atoms with Crippen molar-refractivity contribution in [3.05, 3.63) is 59.2 Å². The van der Waals surface area contributed by atoms with Gasteiger partial charge in [0.2, 0.25) is 0 Å². The van der Waals surface area contributed by atoms with Crippen molar-refractivity contribution in [3.63, 3.8) is 0 Å². The van der Waals surface area contributed by atoms with Gasteiger partial charge in [-0.1, -0.05) is 52.0 Å². The number of hydrogen-bond acceptors (Lipinski definition) is 3. The van der Waals surface area contributed by atoms with Crippen LogP contribution in [0.2, 0.25) is 0 Å². The smallest absolute Gasteiger partial charge is 0.416 e. The van der Waals surface area contributed by atoms with Crippen LogP contribution in [0.4, 0.5) is 13.2 Å². The lowest BCUT2D eigenvalue weighted by Gasteiger charge is -2.20. The third-order valence-electron chi connectivity index (χ3n) is 5.38. The summed E-state index contributed by atoms with van der Waals surface area (Å²) in [5.74, 6) is 0.138. The van der Waals surface area contributed by atoms with Gasteiger partial charge in [-0.3, -0.25) is 4.79 Å². The summed E-state index contributed by atoms with van der Waals surface area (Å²) in [6.45, 7) is 9.90. The molecule has 176 valence electrons. The third kappa shape index (κ3) is 7.66. The van der Waals surface area contributed by atoms with Gasteiger partial charge in [-0.05, 0) is 71.7 Å². The van der Waals surface area contributed by atoms with Crippen LogP contribution < -0.4 is 5.32 Å². The van der Waals surface area contributed by atoms with E-state index in [1.807, 2.05) is 32.0 Å². The molecule has 0 aliphatic carbocycles. The van der Waals surface area contributed by atoms with Crippen LogP contribution in [0.15, 0.2) is 42.5 Å². The van der Waals surface area contributed by atoms with Gasteiger partial charge >= 0.3 is 12.1 Å². The minimum atomic E-state index is -4.38. The molecule has 0 heterocycles. The molecule has 0 saturated heterocycles. The number of benzene rings is 2. The van der Waals surface area contributed by atoms with E-state index in [0.717, 1.165) is 41.8 Å². The third-order valence-corrected chi connectivity index (χ3v) is 5.38. The molecule has 0 saturated carbocycles. The molecular formula is C26H34F3NO2. The first-order valence-corrected chi connectivity index (χ1v) is 11.1. The molecule has 0 amide bonds. The van der Waals surface area contributed by atoms with Crippen molar-refractivity contribution < 1.29 is 22.7 Å². The molecule has 0 aliphatic rings. The molecule has 0 spiro atoms.